The number of amides is 1. The van der Waals surface area contributed by atoms with Crippen LogP contribution in [0.25, 0.3) is 0 Å². The Hall–Kier alpha value is -0.610. The molecular weight excluding hydrogens is 264 g/mol. The van der Waals surface area contributed by atoms with Crippen LogP contribution in [0.1, 0.15) is 59.8 Å². The maximum atomic E-state index is 12.5. The number of aliphatic hydroxyl groups excluding tert-OH is 1. The zero-order valence-corrected chi connectivity index (χ0v) is 14.3. The van der Waals surface area contributed by atoms with Crippen molar-refractivity contribution in [2.75, 3.05) is 19.7 Å². The Morgan fingerprint density at radius 1 is 1.29 bits per heavy atom. The van der Waals surface area contributed by atoms with Gasteiger partial charge in [0, 0.05) is 19.2 Å². The SMILES string of the molecule is CC(C)CC(CCO)CNC(=O)C1CCCCN1C(C)C. The second-order valence-corrected chi connectivity index (χ2v) is 7.10. The predicted molar refractivity (Wildman–Crippen MR) is 87.1 cm³/mol. The lowest BCUT2D eigenvalue weighted by Gasteiger charge is -2.37. The van der Waals surface area contributed by atoms with Crippen molar-refractivity contribution in [2.24, 2.45) is 11.8 Å². The molecule has 124 valence electrons. The van der Waals surface area contributed by atoms with Crippen LogP contribution in [-0.4, -0.2) is 47.7 Å². The lowest BCUT2D eigenvalue weighted by Crippen LogP contribution is -2.52. The van der Waals surface area contributed by atoms with E-state index >= 15 is 0 Å². The molecule has 0 aliphatic carbocycles. The van der Waals surface area contributed by atoms with Gasteiger partial charge >= 0.3 is 0 Å². The molecule has 1 saturated heterocycles. The lowest BCUT2D eigenvalue weighted by atomic mass is 9.94. The summed E-state index contributed by atoms with van der Waals surface area (Å²) in [4.78, 5) is 14.8. The largest absolute Gasteiger partial charge is 0.396 e. The Balaban J connectivity index is 2.49. The van der Waals surface area contributed by atoms with Crippen LogP contribution < -0.4 is 5.32 Å². The van der Waals surface area contributed by atoms with Gasteiger partial charge in [0.15, 0.2) is 0 Å². The fraction of sp³-hybridized carbons (Fsp3) is 0.941. The van der Waals surface area contributed by atoms with Gasteiger partial charge in [-0.1, -0.05) is 20.3 Å². The molecule has 0 bridgehead atoms. The maximum Gasteiger partial charge on any atom is 0.237 e. The van der Waals surface area contributed by atoms with Crippen LogP contribution in [0.5, 0.6) is 0 Å². The molecule has 0 aromatic heterocycles. The number of hydrogen-bond donors (Lipinski definition) is 2. The van der Waals surface area contributed by atoms with E-state index in [1.807, 2.05) is 0 Å². The summed E-state index contributed by atoms with van der Waals surface area (Å²) in [5, 5.41) is 12.3. The summed E-state index contributed by atoms with van der Waals surface area (Å²) in [7, 11) is 0. The van der Waals surface area contributed by atoms with Crippen LogP contribution in [0.15, 0.2) is 0 Å². The molecule has 2 unspecified atom stereocenters. The van der Waals surface area contributed by atoms with Crippen LogP contribution in [0.4, 0.5) is 0 Å². The number of nitrogens with one attached hydrogen (secondary N) is 1. The normalized spacial score (nSPS) is 21.8. The Morgan fingerprint density at radius 2 is 2.00 bits per heavy atom. The van der Waals surface area contributed by atoms with E-state index in [0.29, 0.717) is 24.4 Å². The second kappa shape index (κ2) is 9.42. The number of likely N-dealkylation sites (tertiary alicyclic amines) is 1. The zero-order valence-electron chi connectivity index (χ0n) is 14.3. The summed E-state index contributed by atoms with van der Waals surface area (Å²) in [5.74, 6) is 1.16. The highest BCUT2D eigenvalue weighted by atomic mass is 16.3. The van der Waals surface area contributed by atoms with E-state index in [9.17, 15) is 4.79 Å². The maximum absolute atomic E-state index is 12.5. The van der Waals surface area contributed by atoms with Crippen molar-refractivity contribution in [2.45, 2.75) is 71.9 Å². The minimum atomic E-state index is 0.0348. The van der Waals surface area contributed by atoms with Crippen molar-refractivity contribution in [3.8, 4) is 0 Å². The Morgan fingerprint density at radius 3 is 2.57 bits per heavy atom. The van der Waals surface area contributed by atoms with Gasteiger partial charge in [0.05, 0.1) is 6.04 Å². The minimum absolute atomic E-state index is 0.0348. The summed E-state index contributed by atoms with van der Waals surface area (Å²) in [5.41, 5.74) is 0. The fourth-order valence-electron chi connectivity index (χ4n) is 3.37. The fourth-order valence-corrected chi connectivity index (χ4v) is 3.37. The van der Waals surface area contributed by atoms with Crippen molar-refractivity contribution in [3.63, 3.8) is 0 Å². The summed E-state index contributed by atoms with van der Waals surface area (Å²) < 4.78 is 0. The second-order valence-electron chi connectivity index (χ2n) is 7.10. The number of hydrogen-bond acceptors (Lipinski definition) is 3. The highest BCUT2D eigenvalue weighted by Crippen LogP contribution is 2.20. The molecule has 0 saturated carbocycles. The van der Waals surface area contributed by atoms with Gasteiger partial charge in [-0.25, -0.2) is 0 Å². The molecule has 2 atom stereocenters. The first-order valence-corrected chi connectivity index (χ1v) is 8.60. The molecule has 1 fully saturated rings. The molecule has 21 heavy (non-hydrogen) atoms. The van der Waals surface area contributed by atoms with E-state index < -0.39 is 0 Å². The number of carbonyl (C=O) groups is 1. The van der Waals surface area contributed by atoms with E-state index in [0.717, 1.165) is 32.2 Å². The van der Waals surface area contributed by atoms with Crippen LogP contribution in [0.3, 0.4) is 0 Å². The number of nitrogens with zero attached hydrogens (tertiary/aromatic N) is 1. The number of piperidine rings is 1. The van der Waals surface area contributed by atoms with E-state index in [1.54, 1.807) is 0 Å². The summed E-state index contributed by atoms with van der Waals surface area (Å²) in [6.07, 6.45) is 5.14. The van der Waals surface area contributed by atoms with Gasteiger partial charge in [0.1, 0.15) is 0 Å². The van der Waals surface area contributed by atoms with E-state index in [1.165, 1.54) is 6.42 Å². The Labute approximate surface area is 130 Å². The third-order valence-electron chi connectivity index (χ3n) is 4.42. The van der Waals surface area contributed by atoms with Gasteiger partial charge in [-0.3, -0.25) is 9.69 Å². The minimum Gasteiger partial charge on any atom is -0.396 e. The first kappa shape index (κ1) is 18.4. The van der Waals surface area contributed by atoms with Crippen molar-refractivity contribution in [1.29, 1.82) is 0 Å². The van der Waals surface area contributed by atoms with Crippen LogP contribution >= 0.6 is 0 Å². The van der Waals surface area contributed by atoms with Crippen molar-refractivity contribution >= 4 is 5.91 Å². The lowest BCUT2D eigenvalue weighted by molar-refractivity contribution is -0.128. The van der Waals surface area contributed by atoms with Gasteiger partial charge < -0.3 is 10.4 Å². The molecule has 4 nitrogen and oxygen atoms in total. The monoisotopic (exact) mass is 298 g/mol. The van der Waals surface area contributed by atoms with Crippen LogP contribution in [0, 0.1) is 11.8 Å². The number of carbonyl (C=O) groups excluding carboxylic acids is 1. The summed E-state index contributed by atoms with van der Waals surface area (Å²) in [6, 6.07) is 0.456. The van der Waals surface area contributed by atoms with Gasteiger partial charge in [0.25, 0.3) is 0 Å². The van der Waals surface area contributed by atoms with E-state index in [2.05, 4.69) is 37.9 Å². The van der Waals surface area contributed by atoms with Gasteiger partial charge in [-0.05, 0) is 57.9 Å². The van der Waals surface area contributed by atoms with Crippen LogP contribution in [0.2, 0.25) is 0 Å². The molecule has 0 spiro atoms. The molecule has 4 heteroatoms. The molecule has 1 heterocycles. The van der Waals surface area contributed by atoms with Crippen molar-refractivity contribution < 1.29 is 9.90 Å². The zero-order chi connectivity index (χ0) is 15.8. The molecule has 1 rings (SSSR count). The molecule has 1 aliphatic heterocycles. The number of rotatable bonds is 8. The molecular formula is C17H34N2O2. The third-order valence-corrected chi connectivity index (χ3v) is 4.42. The molecule has 1 amide bonds. The topological polar surface area (TPSA) is 52.6 Å². The predicted octanol–water partition coefficient (Wildman–Crippen LogP) is 2.41. The highest BCUT2D eigenvalue weighted by molar-refractivity contribution is 5.81. The van der Waals surface area contributed by atoms with Gasteiger partial charge in [-0.15, -0.1) is 0 Å². The van der Waals surface area contributed by atoms with E-state index in [-0.39, 0.29) is 18.6 Å². The molecule has 2 N–H and O–H groups in total. The quantitative estimate of drug-likeness (QED) is 0.723. The molecule has 0 aromatic rings. The average Bonchev–Trinajstić information content (AvgIpc) is 2.44. The summed E-state index contributed by atoms with van der Waals surface area (Å²) >= 11 is 0. The highest BCUT2D eigenvalue weighted by Gasteiger charge is 2.30. The molecule has 1 aliphatic rings. The van der Waals surface area contributed by atoms with Crippen LogP contribution in [-0.2, 0) is 4.79 Å². The molecule has 0 radical (unpaired) electrons. The van der Waals surface area contributed by atoms with Crippen molar-refractivity contribution in [1.82, 2.24) is 10.2 Å². The third kappa shape index (κ3) is 6.35. The smallest absolute Gasteiger partial charge is 0.237 e. The number of aliphatic hydroxyl groups is 1. The average molecular weight is 298 g/mol. The van der Waals surface area contributed by atoms with Crippen molar-refractivity contribution in [3.05, 3.63) is 0 Å². The first-order chi connectivity index (χ1) is 9.95. The van der Waals surface area contributed by atoms with Gasteiger partial charge in [0.2, 0.25) is 5.91 Å². The molecule has 0 aromatic carbocycles. The summed E-state index contributed by atoms with van der Waals surface area (Å²) in [6.45, 7) is 10.6. The standard InChI is InChI=1S/C17H34N2O2/c1-13(2)11-15(8-10-20)12-18-17(21)16-7-5-6-9-19(16)14(3)4/h13-16,20H,5-12H2,1-4H3,(H,18,21). The Bertz CT molecular complexity index is 305. The van der Waals surface area contributed by atoms with E-state index in [4.69, 9.17) is 5.11 Å². The first-order valence-electron chi connectivity index (χ1n) is 8.60. The van der Waals surface area contributed by atoms with Gasteiger partial charge in [-0.2, -0.15) is 0 Å². The Kier molecular flexibility index (Phi) is 8.27.